The van der Waals surface area contributed by atoms with Crippen LogP contribution < -0.4 is 5.69 Å². The number of benzene rings is 1. The number of imidazole rings is 1. The molecule has 18 heavy (non-hydrogen) atoms. The molecular weight excluding hydrogens is 232 g/mol. The Kier molecular flexibility index (Phi) is 3.06. The number of aromatic amines is 1. The Morgan fingerprint density at radius 1 is 1.39 bits per heavy atom. The van der Waals surface area contributed by atoms with Crippen LogP contribution in [0.4, 0.5) is 0 Å². The third-order valence-corrected chi connectivity index (χ3v) is 3.06. The lowest BCUT2D eigenvalue weighted by Gasteiger charge is -2.06. The van der Waals surface area contributed by atoms with Crippen LogP contribution in [0.15, 0.2) is 29.1 Å². The Morgan fingerprint density at radius 2 is 2.06 bits per heavy atom. The van der Waals surface area contributed by atoms with Crippen LogP contribution >= 0.6 is 0 Å². The summed E-state index contributed by atoms with van der Waals surface area (Å²) in [4.78, 5) is 24.9. The van der Waals surface area contributed by atoms with Crippen LogP contribution in [-0.2, 0) is 13.5 Å². The van der Waals surface area contributed by atoms with Gasteiger partial charge in [0, 0.05) is 13.5 Å². The van der Waals surface area contributed by atoms with E-state index >= 15 is 0 Å². The smallest absolute Gasteiger partial charge is 0.354 e. The number of carbonyl (C=O) groups is 1. The maximum absolute atomic E-state index is 11.5. The Balaban J connectivity index is 2.50. The molecule has 0 radical (unpaired) electrons. The first kappa shape index (κ1) is 12.2. The molecule has 0 saturated carbocycles. The third kappa shape index (κ3) is 2.07. The molecule has 1 heterocycles. The zero-order valence-electron chi connectivity index (χ0n) is 10.2. The van der Waals surface area contributed by atoms with Gasteiger partial charge in [-0.1, -0.05) is 24.3 Å². The Labute approximate surface area is 104 Å². The summed E-state index contributed by atoms with van der Waals surface area (Å²) in [5.74, 6) is -1.11. The molecule has 0 spiro atoms. The second-order valence-corrected chi connectivity index (χ2v) is 4.22. The predicted octanol–water partition coefficient (Wildman–Crippen LogP) is 1.31. The fourth-order valence-electron chi connectivity index (χ4n) is 1.93. The highest BCUT2D eigenvalue weighted by Crippen LogP contribution is 2.14. The van der Waals surface area contributed by atoms with Crippen molar-refractivity contribution < 1.29 is 9.90 Å². The van der Waals surface area contributed by atoms with Gasteiger partial charge in [-0.25, -0.2) is 9.59 Å². The van der Waals surface area contributed by atoms with Gasteiger partial charge in [0.25, 0.3) is 0 Å². The Morgan fingerprint density at radius 3 is 2.67 bits per heavy atom. The number of aryl methyl sites for hydroxylation is 1. The van der Waals surface area contributed by atoms with E-state index in [4.69, 9.17) is 5.11 Å². The molecular formula is C13H14N2O3. The van der Waals surface area contributed by atoms with Gasteiger partial charge in [-0.2, -0.15) is 0 Å². The van der Waals surface area contributed by atoms with Crippen molar-refractivity contribution in [1.29, 1.82) is 0 Å². The van der Waals surface area contributed by atoms with Gasteiger partial charge in [-0.15, -0.1) is 0 Å². The Bertz CT molecular complexity index is 652. The molecule has 5 nitrogen and oxygen atoms in total. The standard InChI is InChI=1S/C13H14N2O3/c1-8-5-3-4-6-9(8)7-10-11(12(16)17)14-13(18)15(10)2/h3-6H,7H2,1-2H3,(H,14,18)(H,16,17). The number of hydrogen-bond acceptors (Lipinski definition) is 2. The molecule has 0 bridgehead atoms. The summed E-state index contributed by atoms with van der Waals surface area (Å²) in [6.07, 6.45) is 0.420. The van der Waals surface area contributed by atoms with Crippen molar-refractivity contribution in [3.8, 4) is 0 Å². The van der Waals surface area contributed by atoms with E-state index in [2.05, 4.69) is 4.98 Å². The molecule has 0 saturated heterocycles. The average Bonchev–Trinajstić information content (AvgIpc) is 2.60. The van der Waals surface area contributed by atoms with Gasteiger partial charge in [0.2, 0.25) is 0 Å². The minimum atomic E-state index is -1.11. The molecule has 0 aliphatic rings. The van der Waals surface area contributed by atoms with Crippen LogP contribution in [0.25, 0.3) is 0 Å². The van der Waals surface area contributed by atoms with Gasteiger partial charge >= 0.3 is 11.7 Å². The number of carboxylic acids is 1. The maximum Gasteiger partial charge on any atom is 0.354 e. The quantitative estimate of drug-likeness (QED) is 0.857. The second-order valence-electron chi connectivity index (χ2n) is 4.22. The molecule has 2 aromatic rings. The van der Waals surface area contributed by atoms with Gasteiger partial charge in [0.15, 0.2) is 0 Å². The van der Waals surface area contributed by atoms with E-state index in [-0.39, 0.29) is 5.69 Å². The van der Waals surface area contributed by atoms with E-state index in [1.165, 1.54) is 4.57 Å². The highest BCUT2D eigenvalue weighted by atomic mass is 16.4. The molecule has 0 fully saturated rings. The lowest BCUT2D eigenvalue weighted by molar-refractivity contribution is 0.0689. The van der Waals surface area contributed by atoms with E-state index in [1.54, 1.807) is 7.05 Å². The summed E-state index contributed by atoms with van der Waals surface area (Å²) in [5.41, 5.74) is 2.13. The molecule has 0 atom stereocenters. The fraction of sp³-hybridized carbons (Fsp3) is 0.231. The van der Waals surface area contributed by atoms with E-state index in [9.17, 15) is 9.59 Å². The molecule has 1 aromatic heterocycles. The number of carboxylic acid groups (broad SMARTS) is 1. The van der Waals surface area contributed by atoms with Crippen molar-refractivity contribution >= 4 is 5.97 Å². The van der Waals surface area contributed by atoms with Crippen molar-refractivity contribution in [3.63, 3.8) is 0 Å². The van der Waals surface area contributed by atoms with E-state index < -0.39 is 11.7 Å². The van der Waals surface area contributed by atoms with Crippen LogP contribution in [0, 0.1) is 6.92 Å². The molecule has 0 aliphatic carbocycles. The predicted molar refractivity (Wildman–Crippen MR) is 67.0 cm³/mol. The molecule has 2 N–H and O–H groups in total. The summed E-state index contributed by atoms with van der Waals surface area (Å²) >= 11 is 0. The molecule has 94 valence electrons. The summed E-state index contributed by atoms with van der Waals surface area (Å²) < 4.78 is 1.34. The van der Waals surface area contributed by atoms with Gasteiger partial charge in [0.1, 0.15) is 5.69 Å². The van der Waals surface area contributed by atoms with Crippen LogP contribution in [0.5, 0.6) is 0 Å². The third-order valence-electron chi connectivity index (χ3n) is 3.06. The van der Waals surface area contributed by atoms with Gasteiger partial charge in [-0.3, -0.25) is 9.55 Å². The minimum Gasteiger partial charge on any atom is -0.477 e. The van der Waals surface area contributed by atoms with E-state index in [1.807, 2.05) is 31.2 Å². The van der Waals surface area contributed by atoms with Crippen LogP contribution in [-0.4, -0.2) is 20.6 Å². The van der Waals surface area contributed by atoms with Crippen LogP contribution in [0.1, 0.15) is 27.3 Å². The van der Waals surface area contributed by atoms with Gasteiger partial charge in [-0.05, 0) is 18.1 Å². The lowest BCUT2D eigenvalue weighted by Crippen LogP contribution is -2.14. The fourth-order valence-corrected chi connectivity index (χ4v) is 1.93. The van der Waals surface area contributed by atoms with Gasteiger partial charge < -0.3 is 5.11 Å². The van der Waals surface area contributed by atoms with E-state index in [0.29, 0.717) is 12.1 Å². The summed E-state index contributed by atoms with van der Waals surface area (Å²) in [6.45, 7) is 1.96. The topological polar surface area (TPSA) is 75.1 Å². The highest BCUT2D eigenvalue weighted by Gasteiger charge is 2.17. The Hall–Kier alpha value is -2.30. The number of nitrogens with one attached hydrogen (secondary N) is 1. The molecule has 1 aromatic carbocycles. The summed E-state index contributed by atoms with van der Waals surface area (Å²) in [7, 11) is 1.57. The number of aromatic nitrogens is 2. The van der Waals surface area contributed by atoms with Crippen LogP contribution in [0.3, 0.4) is 0 Å². The minimum absolute atomic E-state index is 0.0363. The zero-order chi connectivity index (χ0) is 13.3. The normalized spacial score (nSPS) is 10.6. The maximum atomic E-state index is 11.5. The number of nitrogens with zero attached hydrogens (tertiary/aromatic N) is 1. The van der Waals surface area contributed by atoms with Crippen molar-refractivity contribution in [2.24, 2.45) is 7.05 Å². The number of rotatable bonds is 3. The van der Waals surface area contributed by atoms with Crippen molar-refractivity contribution in [1.82, 2.24) is 9.55 Å². The van der Waals surface area contributed by atoms with Crippen LogP contribution in [0.2, 0.25) is 0 Å². The van der Waals surface area contributed by atoms with Gasteiger partial charge in [0.05, 0.1) is 5.69 Å². The monoisotopic (exact) mass is 246 g/mol. The highest BCUT2D eigenvalue weighted by molar-refractivity contribution is 5.86. The summed E-state index contributed by atoms with van der Waals surface area (Å²) in [6, 6.07) is 7.71. The molecule has 2 rings (SSSR count). The average molecular weight is 246 g/mol. The number of aromatic carboxylic acids is 1. The van der Waals surface area contributed by atoms with E-state index in [0.717, 1.165) is 11.1 Å². The zero-order valence-corrected chi connectivity index (χ0v) is 10.2. The number of hydrogen-bond donors (Lipinski definition) is 2. The second kappa shape index (κ2) is 4.52. The first-order valence-electron chi connectivity index (χ1n) is 5.56. The van der Waals surface area contributed by atoms with Crippen molar-refractivity contribution in [2.75, 3.05) is 0 Å². The first-order chi connectivity index (χ1) is 8.50. The van der Waals surface area contributed by atoms with Crippen molar-refractivity contribution in [2.45, 2.75) is 13.3 Å². The summed E-state index contributed by atoms with van der Waals surface area (Å²) in [5, 5.41) is 9.07. The molecule has 5 heteroatoms. The number of H-pyrrole nitrogens is 1. The molecule has 0 unspecified atom stereocenters. The van der Waals surface area contributed by atoms with Crippen molar-refractivity contribution in [3.05, 3.63) is 57.3 Å². The first-order valence-corrected chi connectivity index (χ1v) is 5.56. The SMILES string of the molecule is Cc1ccccc1Cc1c(C(=O)O)[nH]c(=O)n1C. The lowest BCUT2D eigenvalue weighted by atomic mass is 10.0. The largest absolute Gasteiger partial charge is 0.477 e. The molecule has 0 amide bonds. The molecule has 0 aliphatic heterocycles.